The highest BCUT2D eigenvalue weighted by Crippen LogP contribution is 2.67. The zero-order valence-corrected chi connectivity index (χ0v) is 21.1. The molecule has 3 aromatic rings. The molecule has 39 heavy (non-hydrogen) atoms. The molecule has 0 unspecified atom stereocenters. The largest absolute Gasteiger partial charge is 0.507 e. The topological polar surface area (TPSA) is 119 Å². The molecular weight excluding hydrogens is 494 g/mol. The first-order valence-electron chi connectivity index (χ1n) is 12.8. The number of ether oxygens (including phenoxy) is 1. The molecule has 7 heteroatoms. The number of phenols is 1. The van der Waals surface area contributed by atoms with Crippen molar-refractivity contribution in [2.75, 3.05) is 5.32 Å². The molecule has 2 aliphatic heterocycles. The third kappa shape index (κ3) is 2.84. The van der Waals surface area contributed by atoms with Gasteiger partial charge in [-0.3, -0.25) is 9.59 Å². The van der Waals surface area contributed by atoms with Gasteiger partial charge in [-0.2, -0.15) is 0 Å². The molecule has 2 bridgehead atoms. The minimum Gasteiger partial charge on any atom is -0.507 e. The summed E-state index contributed by atoms with van der Waals surface area (Å²) in [5, 5.41) is 38.2. The van der Waals surface area contributed by atoms with Gasteiger partial charge >= 0.3 is 0 Å². The van der Waals surface area contributed by atoms with E-state index in [-0.39, 0.29) is 33.5 Å². The number of anilines is 1. The molecule has 4 aliphatic rings. The number of carbonyl (C=O) groups excluding carboxylic acids is 2. The van der Waals surface area contributed by atoms with Gasteiger partial charge in [0.1, 0.15) is 11.8 Å². The number of epoxide rings is 1. The molecule has 2 aliphatic carbocycles. The van der Waals surface area contributed by atoms with E-state index in [1.807, 2.05) is 25.1 Å². The zero-order chi connectivity index (χ0) is 27.3. The summed E-state index contributed by atoms with van der Waals surface area (Å²) in [5.41, 5.74) is -1.11. The third-order valence-electron chi connectivity index (χ3n) is 8.39. The van der Waals surface area contributed by atoms with E-state index in [9.17, 15) is 24.9 Å². The summed E-state index contributed by atoms with van der Waals surface area (Å²) in [6, 6.07) is 9.78. The first kappa shape index (κ1) is 23.7. The molecule has 1 saturated heterocycles. The lowest BCUT2D eigenvalue weighted by molar-refractivity contribution is 0.0867. The second-order valence-electron chi connectivity index (χ2n) is 10.4. The number of hydrogen-bond acceptors (Lipinski definition) is 7. The molecule has 7 nitrogen and oxygen atoms in total. The van der Waals surface area contributed by atoms with Gasteiger partial charge in [-0.25, -0.2) is 0 Å². The van der Waals surface area contributed by atoms with Crippen LogP contribution in [0.4, 0.5) is 5.69 Å². The lowest BCUT2D eigenvalue weighted by Gasteiger charge is -2.37. The number of ketones is 2. The maximum absolute atomic E-state index is 14.1. The predicted molar refractivity (Wildman–Crippen MR) is 144 cm³/mol. The summed E-state index contributed by atoms with van der Waals surface area (Å²) in [6.45, 7) is 3.57. The van der Waals surface area contributed by atoms with Crippen LogP contribution in [0.15, 0.2) is 48.6 Å². The van der Waals surface area contributed by atoms with E-state index in [0.717, 1.165) is 22.8 Å². The van der Waals surface area contributed by atoms with Crippen molar-refractivity contribution in [1.29, 1.82) is 0 Å². The minimum absolute atomic E-state index is 0.0133. The van der Waals surface area contributed by atoms with E-state index in [1.165, 1.54) is 25.1 Å². The smallest absolute Gasteiger partial charge is 0.198 e. The van der Waals surface area contributed by atoms with Gasteiger partial charge < -0.3 is 25.4 Å². The predicted octanol–water partition coefficient (Wildman–Crippen LogP) is 2.96. The Kier molecular flexibility index (Phi) is 4.75. The van der Waals surface area contributed by atoms with Crippen LogP contribution in [-0.2, 0) is 16.8 Å². The average molecular weight is 518 g/mol. The van der Waals surface area contributed by atoms with Crippen molar-refractivity contribution in [2.24, 2.45) is 0 Å². The highest BCUT2D eigenvalue weighted by molar-refractivity contribution is 6.32. The number of aryl methyl sites for hydroxylation is 1. The van der Waals surface area contributed by atoms with E-state index < -0.39 is 46.8 Å². The average Bonchev–Trinajstić information content (AvgIpc) is 3.66. The first-order chi connectivity index (χ1) is 18.7. The Morgan fingerprint density at radius 1 is 1.00 bits per heavy atom. The Morgan fingerprint density at radius 3 is 2.41 bits per heavy atom. The number of aromatic hydroxyl groups is 1. The molecule has 3 aromatic carbocycles. The highest BCUT2D eigenvalue weighted by atomic mass is 16.7. The maximum Gasteiger partial charge on any atom is 0.198 e. The number of rotatable bonds is 2. The van der Waals surface area contributed by atoms with Gasteiger partial charge in [-0.05, 0) is 60.0 Å². The van der Waals surface area contributed by atoms with Gasteiger partial charge in [-0.15, -0.1) is 0 Å². The van der Waals surface area contributed by atoms with Crippen LogP contribution in [-0.4, -0.2) is 50.7 Å². The Labute approximate surface area is 224 Å². The van der Waals surface area contributed by atoms with E-state index in [4.69, 9.17) is 4.74 Å². The Balaban J connectivity index is 1.50. The number of aliphatic hydroxyl groups excluding tert-OH is 2. The first-order valence-corrected chi connectivity index (χ1v) is 12.8. The van der Waals surface area contributed by atoms with E-state index in [1.54, 1.807) is 12.1 Å². The molecular formula is C32H23NO6. The van der Waals surface area contributed by atoms with Crippen molar-refractivity contribution in [2.45, 2.75) is 49.7 Å². The molecule has 0 radical (unpaired) electrons. The minimum atomic E-state index is -1.59. The standard InChI is InChI=1S/C32H23NO6/c1-3-17-10-11-18-13-20-21(14-19(18)12-17)29(37)26-23(35)15-22-28(27(26)30(20)38)33-24-8-6-4-5-7-9-25(36)32(22)31(24,39-32)16(2)34/h4-5,10-16,24-25,33-36H,3H2,1-2H3/b5-4-/t16-,24+,25-,31+,32+/m1/s1. The molecule has 0 saturated carbocycles. The summed E-state index contributed by atoms with van der Waals surface area (Å²) in [4.78, 5) is 28.0. The van der Waals surface area contributed by atoms with E-state index in [2.05, 4.69) is 29.0 Å². The monoisotopic (exact) mass is 517 g/mol. The summed E-state index contributed by atoms with van der Waals surface area (Å²) >= 11 is 0. The third-order valence-corrected chi connectivity index (χ3v) is 8.39. The van der Waals surface area contributed by atoms with Gasteiger partial charge in [0.05, 0.1) is 22.9 Å². The molecule has 5 atom stereocenters. The maximum atomic E-state index is 14.1. The number of aliphatic hydroxyl groups is 2. The number of carbonyl (C=O) groups is 2. The van der Waals surface area contributed by atoms with Crippen LogP contribution in [0.5, 0.6) is 5.75 Å². The van der Waals surface area contributed by atoms with Gasteiger partial charge in [0, 0.05) is 16.7 Å². The summed E-state index contributed by atoms with van der Waals surface area (Å²) < 4.78 is 6.20. The molecule has 192 valence electrons. The Morgan fingerprint density at radius 2 is 1.69 bits per heavy atom. The molecule has 0 aromatic heterocycles. The molecule has 1 fully saturated rings. The lowest BCUT2D eigenvalue weighted by Crippen LogP contribution is -2.54. The zero-order valence-electron chi connectivity index (χ0n) is 21.1. The number of nitrogens with one attached hydrogen (secondary N) is 1. The number of allylic oxidation sites excluding steroid dienone is 2. The van der Waals surface area contributed by atoms with Gasteiger partial charge in [-0.1, -0.05) is 48.8 Å². The van der Waals surface area contributed by atoms with Crippen LogP contribution < -0.4 is 5.32 Å². The fourth-order valence-corrected chi connectivity index (χ4v) is 6.45. The fourth-order valence-electron chi connectivity index (χ4n) is 6.45. The number of fused-ring (bicyclic) bond motifs is 5. The van der Waals surface area contributed by atoms with Crippen LogP contribution >= 0.6 is 0 Å². The van der Waals surface area contributed by atoms with Crippen molar-refractivity contribution < 1.29 is 29.6 Å². The molecule has 0 spiro atoms. The summed E-state index contributed by atoms with van der Waals surface area (Å²) in [5.74, 6) is 10.0. The van der Waals surface area contributed by atoms with Crippen molar-refractivity contribution in [3.63, 3.8) is 0 Å². The van der Waals surface area contributed by atoms with Crippen LogP contribution in [0.3, 0.4) is 0 Å². The lowest BCUT2D eigenvalue weighted by atomic mass is 9.69. The van der Waals surface area contributed by atoms with Crippen LogP contribution in [0.1, 0.15) is 56.8 Å². The second kappa shape index (κ2) is 7.81. The normalized spacial score (nSPS) is 28.7. The van der Waals surface area contributed by atoms with Crippen molar-refractivity contribution in [3.05, 3.63) is 81.9 Å². The fraction of sp³-hybridized carbons (Fsp3) is 0.250. The summed E-state index contributed by atoms with van der Waals surface area (Å²) in [7, 11) is 0. The molecule has 0 amide bonds. The van der Waals surface area contributed by atoms with E-state index in [0.29, 0.717) is 0 Å². The molecule has 2 heterocycles. The van der Waals surface area contributed by atoms with Crippen molar-refractivity contribution in [1.82, 2.24) is 0 Å². The molecule has 4 N–H and O–H groups in total. The Bertz CT molecular complexity index is 1830. The molecule has 7 rings (SSSR count). The van der Waals surface area contributed by atoms with Crippen LogP contribution in [0, 0.1) is 23.7 Å². The SMILES string of the molecule is CCc1ccc2cc3c(cc2c1)C(=O)c1c(O)cc2c(c1C3=O)N[C@H]1C#C/C=C\C#C[C@@H](O)[C@@]23O[C@@]13[C@@H](C)O. The Hall–Kier alpha value is -4.40. The number of benzene rings is 3. The summed E-state index contributed by atoms with van der Waals surface area (Å²) in [6.07, 6.45) is 1.32. The highest BCUT2D eigenvalue weighted by Gasteiger charge is 2.82. The second-order valence-corrected chi connectivity index (χ2v) is 10.4. The van der Waals surface area contributed by atoms with E-state index >= 15 is 0 Å². The quantitative estimate of drug-likeness (QED) is 0.183. The van der Waals surface area contributed by atoms with Gasteiger partial charge in [0.15, 0.2) is 28.9 Å². The number of phenolic OH excluding ortho intramolecular Hbond substituents is 1. The van der Waals surface area contributed by atoms with Crippen molar-refractivity contribution >= 4 is 28.0 Å². The van der Waals surface area contributed by atoms with Crippen LogP contribution in [0.25, 0.3) is 10.8 Å². The van der Waals surface area contributed by atoms with Gasteiger partial charge in [0.25, 0.3) is 0 Å². The van der Waals surface area contributed by atoms with Crippen molar-refractivity contribution in [3.8, 4) is 29.4 Å². The van der Waals surface area contributed by atoms with Crippen LogP contribution in [0.2, 0.25) is 0 Å². The van der Waals surface area contributed by atoms with Gasteiger partial charge in [0.2, 0.25) is 0 Å². The number of hydrogen-bond donors (Lipinski definition) is 4.